The normalized spacial score (nSPS) is 11.3. The Labute approximate surface area is 157 Å². The van der Waals surface area contributed by atoms with Crippen molar-refractivity contribution in [1.29, 1.82) is 0 Å². The largest absolute Gasteiger partial charge is 0.454 e. The lowest BCUT2D eigenvalue weighted by molar-refractivity contribution is 0.0473. The summed E-state index contributed by atoms with van der Waals surface area (Å²) < 4.78 is 27.6. The maximum absolute atomic E-state index is 12.3. The number of H-pyrrole nitrogens is 1. The maximum Gasteiger partial charge on any atom is 0.338 e. The molecule has 2 rings (SSSR count). The standard InChI is InChI=1S/C19H21NO6S/c1-11-17(13(3)21)12(2)20-18(11)16(22)9-26-19(23)15-7-5-14(6-8-15)10-27(4,24)25/h5-8,20H,9-10H2,1-4H3. The fourth-order valence-electron chi connectivity index (χ4n) is 2.88. The molecule has 0 aliphatic rings. The smallest absolute Gasteiger partial charge is 0.338 e. The van der Waals surface area contributed by atoms with E-state index in [1.165, 1.54) is 31.2 Å². The highest BCUT2D eigenvalue weighted by Crippen LogP contribution is 2.19. The number of aromatic amines is 1. The van der Waals surface area contributed by atoms with E-state index in [1.54, 1.807) is 13.8 Å². The Balaban J connectivity index is 2.04. The van der Waals surface area contributed by atoms with Crippen molar-refractivity contribution in [1.82, 2.24) is 4.98 Å². The maximum atomic E-state index is 12.3. The summed E-state index contributed by atoms with van der Waals surface area (Å²) in [6.07, 6.45) is 1.13. The first-order valence-electron chi connectivity index (χ1n) is 8.16. The zero-order valence-corrected chi connectivity index (χ0v) is 16.4. The van der Waals surface area contributed by atoms with Crippen LogP contribution in [0.25, 0.3) is 0 Å². The topological polar surface area (TPSA) is 110 Å². The third-order valence-electron chi connectivity index (χ3n) is 4.02. The Hall–Kier alpha value is -2.74. The predicted molar refractivity (Wildman–Crippen MR) is 99.9 cm³/mol. The third kappa shape index (κ3) is 5.13. The van der Waals surface area contributed by atoms with Crippen molar-refractivity contribution < 1.29 is 27.5 Å². The van der Waals surface area contributed by atoms with E-state index in [0.29, 0.717) is 22.4 Å². The highest BCUT2D eigenvalue weighted by molar-refractivity contribution is 7.89. The summed E-state index contributed by atoms with van der Waals surface area (Å²) in [5, 5.41) is 0. The van der Waals surface area contributed by atoms with E-state index in [1.807, 2.05) is 0 Å². The van der Waals surface area contributed by atoms with E-state index in [4.69, 9.17) is 4.74 Å². The highest BCUT2D eigenvalue weighted by atomic mass is 32.2. The van der Waals surface area contributed by atoms with Crippen LogP contribution in [0.2, 0.25) is 0 Å². The van der Waals surface area contributed by atoms with Gasteiger partial charge in [0.2, 0.25) is 5.78 Å². The molecule has 0 saturated carbocycles. The number of carbonyl (C=O) groups excluding carboxylic acids is 3. The van der Waals surface area contributed by atoms with Crippen LogP contribution in [-0.2, 0) is 20.3 Å². The average molecular weight is 391 g/mol. The molecule has 0 aliphatic heterocycles. The van der Waals surface area contributed by atoms with Crippen LogP contribution >= 0.6 is 0 Å². The lowest BCUT2D eigenvalue weighted by atomic mass is 10.1. The fraction of sp³-hybridized carbons (Fsp3) is 0.316. The van der Waals surface area contributed by atoms with Gasteiger partial charge < -0.3 is 9.72 Å². The molecule has 1 aromatic heterocycles. The lowest BCUT2D eigenvalue weighted by Crippen LogP contribution is -2.15. The molecule has 0 saturated heterocycles. The zero-order chi connectivity index (χ0) is 20.4. The predicted octanol–water partition coefficient (Wildman–Crippen LogP) is 2.42. The molecule has 0 atom stereocenters. The number of Topliss-reactive ketones (excluding diaryl/α,β-unsaturated/α-hetero) is 2. The molecule has 0 amide bonds. The molecule has 0 fully saturated rings. The first kappa shape index (κ1) is 20.6. The minimum absolute atomic E-state index is 0.120. The van der Waals surface area contributed by atoms with Crippen molar-refractivity contribution in [3.63, 3.8) is 0 Å². The minimum Gasteiger partial charge on any atom is -0.454 e. The first-order valence-corrected chi connectivity index (χ1v) is 10.2. The van der Waals surface area contributed by atoms with Gasteiger partial charge in [-0.1, -0.05) is 12.1 Å². The number of ether oxygens (including phenoxy) is 1. The van der Waals surface area contributed by atoms with Gasteiger partial charge in [0, 0.05) is 17.5 Å². The zero-order valence-electron chi connectivity index (χ0n) is 15.6. The number of esters is 1. The number of carbonyl (C=O) groups is 3. The van der Waals surface area contributed by atoms with Crippen molar-refractivity contribution in [3.05, 3.63) is 57.9 Å². The van der Waals surface area contributed by atoms with Crippen molar-refractivity contribution in [3.8, 4) is 0 Å². The molecule has 1 heterocycles. The van der Waals surface area contributed by atoms with Gasteiger partial charge in [-0.05, 0) is 44.0 Å². The van der Waals surface area contributed by atoms with Crippen molar-refractivity contribution >= 4 is 27.4 Å². The van der Waals surface area contributed by atoms with Gasteiger partial charge in [-0.2, -0.15) is 0 Å². The molecule has 2 aromatic rings. The summed E-state index contributed by atoms with van der Waals surface area (Å²) in [5.41, 5.74) is 2.60. The van der Waals surface area contributed by atoms with Crippen LogP contribution in [-0.4, -0.2) is 43.8 Å². The molecule has 1 N–H and O–H groups in total. The SMILES string of the molecule is CC(=O)c1c(C)[nH]c(C(=O)COC(=O)c2ccc(CS(C)(=O)=O)cc2)c1C. The molecular weight excluding hydrogens is 370 g/mol. The van der Waals surface area contributed by atoms with Crippen molar-refractivity contribution in [2.24, 2.45) is 0 Å². The Morgan fingerprint density at radius 2 is 1.67 bits per heavy atom. The molecule has 0 aliphatic carbocycles. The molecule has 0 bridgehead atoms. The summed E-state index contributed by atoms with van der Waals surface area (Å²) in [4.78, 5) is 38.9. The number of hydrogen-bond acceptors (Lipinski definition) is 6. The van der Waals surface area contributed by atoms with Crippen LogP contribution in [0.1, 0.15) is 54.9 Å². The minimum atomic E-state index is -3.16. The van der Waals surface area contributed by atoms with E-state index in [2.05, 4.69) is 4.98 Å². The summed E-state index contributed by atoms with van der Waals surface area (Å²) in [6, 6.07) is 5.95. The van der Waals surface area contributed by atoms with E-state index >= 15 is 0 Å². The van der Waals surface area contributed by atoms with Gasteiger partial charge in [0.05, 0.1) is 17.0 Å². The molecule has 144 valence electrons. The van der Waals surface area contributed by atoms with Gasteiger partial charge in [0.15, 0.2) is 22.2 Å². The third-order valence-corrected chi connectivity index (χ3v) is 4.88. The molecular formula is C19H21NO6S. The van der Waals surface area contributed by atoms with Gasteiger partial charge in [-0.25, -0.2) is 13.2 Å². The van der Waals surface area contributed by atoms with E-state index in [0.717, 1.165) is 6.26 Å². The molecule has 0 spiro atoms. The molecule has 7 nitrogen and oxygen atoms in total. The Morgan fingerprint density at radius 3 is 2.15 bits per heavy atom. The molecule has 1 aromatic carbocycles. The summed E-state index contributed by atoms with van der Waals surface area (Å²) in [6.45, 7) is 4.31. The van der Waals surface area contributed by atoms with Crippen LogP contribution in [0.15, 0.2) is 24.3 Å². The molecule has 27 heavy (non-hydrogen) atoms. The second-order valence-corrected chi connectivity index (χ2v) is 8.59. The molecule has 0 radical (unpaired) electrons. The van der Waals surface area contributed by atoms with Crippen LogP contribution < -0.4 is 0 Å². The number of aromatic nitrogens is 1. The van der Waals surface area contributed by atoms with Gasteiger partial charge in [-0.3, -0.25) is 9.59 Å². The lowest BCUT2D eigenvalue weighted by Gasteiger charge is -2.05. The number of sulfone groups is 1. The Kier molecular flexibility index (Phi) is 6.00. The average Bonchev–Trinajstić information content (AvgIpc) is 2.86. The number of benzene rings is 1. The second-order valence-electron chi connectivity index (χ2n) is 6.45. The fourth-order valence-corrected chi connectivity index (χ4v) is 3.68. The monoisotopic (exact) mass is 391 g/mol. The number of ketones is 2. The highest BCUT2D eigenvalue weighted by Gasteiger charge is 2.21. The Bertz CT molecular complexity index is 1000. The second kappa shape index (κ2) is 7.87. The van der Waals surface area contributed by atoms with Crippen LogP contribution in [0, 0.1) is 13.8 Å². The number of rotatable bonds is 7. The summed E-state index contributed by atoms with van der Waals surface area (Å²) >= 11 is 0. The van der Waals surface area contributed by atoms with E-state index in [-0.39, 0.29) is 22.8 Å². The van der Waals surface area contributed by atoms with Gasteiger partial charge >= 0.3 is 5.97 Å². The van der Waals surface area contributed by atoms with Gasteiger partial charge in [0.25, 0.3) is 0 Å². The summed E-state index contributed by atoms with van der Waals surface area (Å²) in [7, 11) is -3.16. The van der Waals surface area contributed by atoms with E-state index in [9.17, 15) is 22.8 Å². The number of aryl methyl sites for hydroxylation is 1. The molecule has 8 heteroatoms. The van der Waals surface area contributed by atoms with Gasteiger partial charge in [0.1, 0.15) is 0 Å². The quantitative estimate of drug-likeness (QED) is 0.573. The van der Waals surface area contributed by atoms with Crippen LogP contribution in [0.5, 0.6) is 0 Å². The van der Waals surface area contributed by atoms with Crippen LogP contribution in [0.4, 0.5) is 0 Å². The van der Waals surface area contributed by atoms with Crippen LogP contribution in [0.3, 0.4) is 0 Å². The van der Waals surface area contributed by atoms with E-state index < -0.39 is 28.2 Å². The van der Waals surface area contributed by atoms with Gasteiger partial charge in [-0.15, -0.1) is 0 Å². The molecule has 0 unspecified atom stereocenters. The Morgan fingerprint density at radius 1 is 1.07 bits per heavy atom. The summed E-state index contributed by atoms with van der Waals surface area (Å²) in [5.74, 6) is -1.40. The number of hydrogen-bond donors (Lipinski definition) is 1. The van der Waals surface area contributed by atoms with Crippen molar-refractivity contribution in [2.45, 2.75) is 26.5 Å². The van der Waals surface area contributed by atoms with Crippen molar-refractivity contribution in [2.75, 3.05) is 12.9 Å². The first-order chi connectivity index (χ1) is 12.5. The number of nitrogens with one attached hydrogen (secondary N) is 1.